The van der Waals surface area contributed by atoms with Gasteiger partial charge in [-0.2, -0.15) is 0 Å². The molecular formula is C29H38F2N4O2. The minimum absolute atomic E-state index is 0.0790. The topological polar surface area (TPSA) is 69.9 Å². The number of carbonyl (C=O) groups is 2. The van der Waals surface area contributed by atoms with E-state index < -0.39 is 6.03 Å². The van der Waals surface area contributed by atoms with Crippen molar-refractivity contribution in [2.24, 2.45) is 11.7 Å². The zero-order valence-corrected chi connectivity index (χ0v) is 21.6. The lowest BCUT2D eigenvalue weighted by atomic mass is 9.91. The van der Waals surface area contributed by atoms with Crippen LogP contribution in [-0.2, 0) is 4.79 Å². The van der Waals surface area contributed by atoms with Crippen LogP contribution in [0.2, 0.25) is 0 Å². The molecule has 2 aliphatic rings. The molecule has 0 radical (unpaired) electrons. The number of primary amides is 1. The van der Waals surface area contributed by atoms with Crippen molar-refractivity contribution < 1.29 is 18.4 Å². The first-order valence-corrected chi connectivity index (χ1v) is 13.4. The van der Waals surface area contributed by atoms with E-state index in [1.54, 1.807) is 29.2 Å². The Balaban J connectivity index is 1.49. The SMILES string of the molecule is CCCC[C@H]1CN(C(c2ccc(F)cc2)c2ccc(F)cc2)CCN1C(=O)CC1CCN(C(N)=O)CC1. The van der Waals surface area contributed by atoms with Crippen molar-refractivity contribution in [2.45, 2.75) is 57.5 Å². The van der Waals surface area contributed by atoms with E-state index in [2.05, 4.69) is 16.7 Å². The van der Waals surface area contributed by atoms with Crippen molar-refractivity contribution in [3.05, 3.63) is 71.3 Å². The van der Waals surface area contributed by atoms with Crippen molar-refractivity contribution in [1.29, 1.82) is 0 Å². The van der Waals surface area contributed by atoms with Gasteiger partial charge in [-0.3, -0.25) is 9.69 Å². The van der Waals surface area contributed by atoms with Gasteiger partial charge in [-0.05, 0) is 60.6 Å². The normalized spacial score (nSPS) is 19.4. The first kappa shape index (κ1) is 27.0. The maximum atomic E-state index is 13.7. The quantitative estimate of drug-likeness (QED) is 0.545. The highest BCUT2D eigenvalue weighted by atomic mass is 19.1. The fourth-order valence-corrected chi connectivity index (χ4v) is 5.75. The van der Waals surface area contributed by atoms with E-state index in [4.69, 9.17) is 5.73 Å². The van der Waals surface area contributed by atoms with Gasteiger partial charge in [-0.1, -0.05) is 44.0 Å². The van der Waals surface area contributed by atoms with Gasteiger partial charge < -0.3 is 15.5 Å². The Morgan fingerprint density at radius 3 is 2.00 bits per heavy atom. The van der Waals surface area contributed by atoms with E-state index in [1.807, 2.05) is 0 Å². The van der Waals surface area contributed by atoms with Gasteiger partial charge in [0.25, 0.3) is 0 Å². The molecule has 2 aromatic rings. The number of amides is 3. The molecule has 8 heteroatoms. The van der Waals surface area contributed by atoms with Crippen LogP contribution in [0.1, 0.15) is 62.6 Å². The zero-order chi connectivity index (χ0) is 26.4. The minimum atomic E-state index is -0.391. The molecule has 0 aliphatic carbocycles. The van der Waals surface area contributed by atoms with Gasteiger partial charge >= 0.3 is 6.03 Å². The smallest absolute Gasteiger partial charge is 0.314 e. The molecule has 2 fully saturated rings. The Bertz CT molecular complexity index is 993. The number of carbonyl (C=O) groups excluding carboxylic acids is 2. The monoisotopic (exact) mass is 512 g/mol. The summed E-state index contributed by atoms with van der Waals surface area (Å²) in [5.74, 6) is -0.142. The predicted octanol–water partition coefficient (Wildman–Crippen LogP) is 4.94. The summed E-state index contributed by atoms with van der Waals surface area (Å²) in [6.07, 6.45) is 5.07. The Hall–Kier alpha value is -3.00. The van der Waals surface area contributed by atoms with Crippen molar-refractivity contribution >= 4 is 11.9 Å². The van der Waals surface area contributed by atoms with Gasteiger partial charge in [0.2, 0.25) is 5.91 Å². The van der Waals surface area contributed by atoms with E-state index in [0.29, 0.717) is 39.1 Å². The number of halogens is 2. The lowest BCUT2D eigenvalue weighted by Crippen LogP contribution is -2.56. The first-order valence-electron chi connectivity index (χ1n) is 13.4. The molecule has 3 amide bonds. The molecule has 6 nitrogen and oxygen atoms in total. The van der Waals surface area contributed by atoms with Crippen LogP contribution in [0.15, 0.2) is 48.5 Å². The van der Waals surface area contributed by atoms with Crippen molar-refractivity contribution in [3.63, 3.8) is 0 Å². The van der Waals surface area contributed by atoms with E-state index in [1.165, 1.54) is 24.3 Å². The Labute approximate surface area is 218 Å². The van der Waals surface area contributed by atoms with Crippen LogP contribution in [0.25, 0.3) is 0 Å². The summed E-state index contributed by atoms with van der Waals surface area (Å²) in [4.78, 5) is 30.9. The molecule has 2 aliphatic heterocycles. The number of unbranched alkanes of at least 4 members (excludes halogenated alkanes) is 1. The molecule has 37 heavy (non-hydrogen) atoms. The highest BCUT2D eigenvalue weighted by Crippen LogP contribution is 2.33. The van der Waals surface area contributed by atoms with Crippen LogP contribution in [0.3, 0.4) is 0 Å². The number of benzene rings is 2. The molecular weight excluding hydrogens is 474 g/mol. The number of likely N-dealkylation sites (tertiary alicyclic amines) is 1. The van der Waals surface area contributed by atoms with Crippen LogP contribution in [0, 0.1) is 17.6 Å². The average Bonchev–Trinajstić information content (AvgIpc) is 2.90. The van der Waals surface area contributed by atoms with Crippen molar-refractivity contribution in [3.8, 4) is 0 Å². The van der Waals surface area contributed by atoms with Gasteiger partial charge in [0.1, 0.15) is 11.6 Å². The fourth-order valence-electron chi connectivity index (χ4n) is 5.75. The van der Waals surface area contributed by atoms with E-state index in [9.17, 15) is 18.4 Å². The van der Waals surface area contributed by atoms with Crippen LogP contribution in [0.4, 0.5) is 13.6 Å². The number of urea groups is 1. The maximum Gasteiger partial charge on any atom is 0.314 e. The number of nitrogens with two attached hydrogens (primary N) is 1. The molecule has 200 valence electrons. The molecule has 2 aromatic carbocycles. The summed E-state index contributed by atoms with van der Waals surface area (Å²) in [5, 5.41) is 0. The van der Waals surface area contributed by atoms with Gasteiger partial charge in [0.05, 0.1) is 6.04 Å². The number of piperazine rings is 1. The third kappa shape index (κ3) is 6.86. The number of piperidine rings is 1. The largest absolute Gasteiger partial charge is 0.351 e. The highest BCUT2D eigenvalue weighted by Gasteiger charge is 2.35. The number of hydrogen-bond acceptors (Lipinski definition) is 3. The third-order valence-electron chi connectivity index (χ3n) is 7.85. The molecule has 1 atom stereocenters. The highest BCUT2D eigenvalue weighted by molar-refractivity contribution is 5.77. The van der Waals surface area contributed by atoms with Crippen molar-refractivity contribution in [2.75, 3.05) is 32.7 Å². The summed E-state index contributed by atoms with van der Waals surface area (Å²) in [7, 11) is 0. The van der Waals surface area contributed by atoms with Crippen molar-refractivity contribution in [1.82, 2.24) is 14.7 Å². The summed E-state index contributed by atoms with van der Waals surface area (Å²) in [6, 6.07) is 12.6. The summed E-state index contributed by atoms with van der Waals surface area (Å²) in [6.45, 7) is 5.36. The van der Waals surface area contributed by atoms with Crippen LogP contribution in [-0.4, -0.2) is 65.4 Å². The van der Waals surface area contributed by atoms with Gasteiger partial charge in [-0.25, -0.2) is 13.6 Å². The molecule has 0 spiro atoms. The fraction of sp³-hybridized carbons (Fsp3) is 0.517. The number of rotatable bonds is 8. The molecule has 2 N–H and O–H groups in total. The Morgan fingerprint density at radius 1 is 0.919 bits per heavy atom. The number of nitrogens with zero attached hydrogens (tertiary/aromatic N) is 3. The van der Waals surface area contributed by atoms with Gasteiger partial charge in [0.15, 0.2) is 0 Å². The molecule has 2 heterocycles. The molecule has 0 saturated carbocycles. The predicted molar refractivity (Wildman–Crippen MR) is 140 cm³/mol. The second-order valence-electron chi connectivity index (χ2n) is 10.4. The van der Waals surface area contributed by atoms with Gasteiger partial charge in [0, 0.05) is 45.2 Å². The summed E-state index contributed by atoms with van der Waals surface area (Å²) < 4.78 is 27.4. The lowest BCUT2D eigenvalue weighted by Gasteiger charge is -2.45. The van der Waals surface area contributed by atoms with Crippen LogP contribution in [0.5, 0.6) is 0 Å². The Morgan fingerprint density at radius 2 is 1.49 bits per heavy atom. The standard InChI is InChI=1S/C29H38F2N4O2/c1-2-3-4-26-20-34(17-18-35(26)27(36)19-21-13-15-33(16-14-21)29(32)37)28(22-5-9-24(30)10-6-22)23-7-11-25(31)12-8-23/h5-12,21,26,28H,2-4,13-20H2,1H3,(H2,32,37)/t26-/m0/s1. The third-order valence-corrected chi connectivity index (χ3v) is 7.85. The van der Waals surface area contributed by atoms with E-state index in [0.717, 1.165) is 43.2 Å². The maximum absolute atomic E-state index is 13.7. The zero-order valence-electron chi connectivity index (χ0n) is 21.6. The molecule has 0 aromatic heterocycles. The van der Waals surface area contributed by atoms with E-state index >= 15 is 0 Å². The Kier molecular flexibility index (Phi) is 9.14. The van der Waals surface area contributed by atoms with Gasteiger partial charge in [-0.15, -0.1) is 0 Å². The lowest BCUT2D eigenvalue weighted by molar-refractivity contribution is -0.138. The molecule has 4 rings (SSSR count). The van der Waals surface area contributed by atoms with E-state index in [-0.39, 0.29) is 35.5 Å². The minimum Gasteiger partial charge on any atom is -0.351 e. The average molecular weight is 513 g/mol. The summed E-state index contributed by atoms with van der Waals surface area (Å²) >= 11 is 0. The van der Waals surface area contributed by atoms with Crippen LogP contribution >= 0.6 is 0 Å². The molecule has 0 bridgehead atoms. The second kappa shape index (κ2) is 12.5. The second-order valence-corrected chi connectivity index (χ2v) is 10.4. The number of hydrogen-bond donors (Lipinski definition) is 1. The molecule has 2 saturated heterocycles. The van der Waals surface area contributed by atoms with Crippen LogP contribution < -0.4 is 5.73 Å². The summed E-state index contributed by atoms with van der Waals surface area (Å²) in [5.41, 5.74) is 7.30. The molecule has 0 unspecified atom stereocenters. The first-order chi connectivity index (χ1) is 17.9.